The van der Waals surface area contributed by atoms with E-state index in [1.54, 1.807) is 7.11 Å². The summed E-state index contributed by atoms with van der Waals surface area (Å²) < 4.78 is 12.7. The summed E-state index contributed by atoms with van der Waals surface area (Å²) >= 11 is 22.8. The minimum atomic E-state index is 0.0454. The number of anilines is 1. The van der Waals surface area contributed by atoms with Crippen LogP contribution in [0.2, 0.25) is 15.1 Å². The highest BCUT2D eigenvalue weighted by molar-refractivity contribution is 9.10. The lowest BCUT2D eigenvalue weighted by molar-refractivity contribution is 0.282. The van der Waals surface area contributed by atoms with Gasteiger partial charge in [0.15, 0.2) is 11.5 Å². The average molecular weight is 566 g/mol. The summed E-state index contributed by atoms with van der Waals surface area (Å²) in [5.41, 5.74) is 4.10. The largest absolute Gasteiger partial charge is 0.493 e. The van der Waals surface area contributed by atoms with Crippen molar-refractivity contribution in [1.29, 1.82) is 0 Å². The number of allylic oxidation sites excluding steroid dienone is 2. The van der Waals surface area contributed by atoms with Gasteiger partial charge in [-0.15, -0.1) is 0 Å². The SMILES string of the molecule is COc1cc([C@@H]2Nc3c(Cl)ccc(Cl)c3[C@@H]3C=CC[C@@H]32)cc(Br)c1OCc1ccc(Cl)cc1. The molecule has 1 N–H and O–H groups in total. The van der Waals surface area contributed by atoms with E-state index in [4.69, 9.17) is 44.3 Å². The van der Waals surface area contributed by atoms with Crippen LogP contribution in [0.25, 0.3) is 0 Å². The Bertz CT molecular complexity index is 1230. The fraction of sp³-hybridized carbons (Fsp3) is 0.231. The van der Waals surface area contributed by atoms with E-state index in [1.165, 1.54) is 0 Å². The standard InChI is InChI=1S/C26H21BrCl3NO2/c1-32-22-12-15(11-19(27)26(22)33-13-14-5-7-16(28)8-6-14)24-18-4-2-3-17(18)23-20(29)9-10-21(30)25(23)31-24/h2-3,5-12,17-18,24,31H,4,13H2,1H3/t17-,18+,24+/m1/s1. The molecule has 0 amide bonds. The molecule has 2 aliphatic rings. The van der Waals surface area contributed by atoms with E-state index in [0.29, 0.717) is 34.1 Å². The molecule has 0 saturated carbocycles. The number of nitrogens with one attached hydrogen (secondary N) is 1. The number of hydrogen-bond acceptors (Lipinski definition) is 3. The van der Waals surface area contributed by atoms with Crippen molar-refractivity contribution in [2.24, 2.45) is 5.92 Å². The minimum Gasteiger partial charge on any atom is -0.493 e. The topological polar surface area (TPSA) is 30.5 Å². The smallest absolute Gasteiger partial charge is 0.175 e. The number of benzene rings is 3. The van der Waals surface area contributed by atoms with E-state index in [-0.39, 0.29) is 12.0 Å². The van der Waals surface area contributed by atoms with Gasteiger partial charge in [0.25, 0.3) is 0 Å². The van der Waals surface area contributed by atoms with E-state index in [9.17, 15) is 0 Å². The van der Waals surface area contributed by atoms with Gasteiger partial charge >= 0.3 is 0 Å². The molecule has 0 bridgehead atoms. The van der Waals surface area contributed by atoms with Gasteiger partial charge < -0.3 is 14.8 Å². The third kappa shape index (κ3) is 4.35. The first kappa shape index (κ1) is 22.9. The quantitative estimate of drug-likeness (QED) is 0.314. The van der Waals surface area contributed by atoms with E-state index >= 15 is 0 Å². The highest BCUT2D eigenvalue weighted by Crippen LogP contribution is 2.54. The Morgan fingerprint density at radius 3 is 2.55 bits per heavy atom. The third-order valence-electron chi connectivity index (χ3n) is 6.32. The van der Waals surface area contributed by atoms with Gasteiger partial charge in [0, 0.05) is 21.5 Å². The molecule has 0 spiro atoms. The van der Waals surface area contributed by atoms with Gasteiger partial charge in [-0.25, -0.2) is 0 Å². The molecule has 3 aromatic rings. The molecule has 0 fully saturated rings. The molecule has 1 aliphatic heterocycles. The van der Waals surface area contributed by atoms with Gasteiger partial charge in [-0.1, -0.05) is 59.1 Å². The van der Waals surface area contributed by atoms with E-state index in [0.717, 1.165) is 38.3 Å². The summed E-state index contributed by atoms with van der Waals surface area (Å²) in [5, 5.41) is 5.78. The first-order chi connectivity index (χ1) is 16.0. The summed E-state index contributed by atoms with van der Waals surface area (Å²) in [6, 6.07) is 15.5. The Morgan fingerprint density at radius 2 is 1.79 bits per heavy atom. The molecule has 7 heteroatoms. The van der Waals surface area contributed by atoms with E-state index in [2.05, 4.69) is 39.5 Å². The maximum absolute atomic E-state index is 6.58. The summed E-state index contributed by atoms with van der Waals surface area (Å²) in [6.07, 6.45) is 5.43. The number of methoxy groups -OCH3 is 1. The van der Waals surface area contributed by atoms with Crippen LogP contribution in [0.1, 0.15) is 35.1 Å². The Kier molecular flexibility index (Phi) is 6.54. The summed E-state index contributed by atoms with van der Waals surface area (Å²) in [7, 11) is 1.65. The van der Waals surface area contributed by atoms with Gasteiger partial charge in [-0.05, 0) is 75.8 Å². The highest BCUT2D eigenvalue weighted by Gasteiger charge is 2.40. The van der Waals surface area contributed by atoms with Crippen molar-refractivity contribution in [3.8, 4) is 11.5 Å². The van der Waals surface area contributed by atoms with Crippen molar-refractivity contribution in [2.45, 2.75) is 25.0 Å². The molecule has 5 rings (SSSR count). The van der Waals surface area contributed by atoms with Crippen LogP contribution in [-0.2, 0) is 6.61 Å². The molecule has 3 nitrogen and oxygen atoms in total. The minimum absolute atomic E-state index is 0.0454. The molecule has 3 atom stereocenters. The second kappa shape index (κ2) is 9.42. The molecule has 1 heterocycles. The molecule has 0 unspecified atom stereocenters. The van der Waals surface area contributed by atoms with Crippen molar-refractivity contribution in [1.82, 2.24) is 0 Å². The second-order valence-electron chi connectivity index (χ2n) is 8.24. The van der Waals surface area contributed by atoms with Crippen LogP contribution in [0, 0.1) is 5.92 Å². The number of rotatable bonds is 5. The van der Waals surface area contributed by atoms with Crippen LogP contribution in [0.5, 0.6) is 11.5 Å². The molecule has 1 aliphatic carbocycles. The van der Waals surface area contributed by atoms with Gasteiger partial charge in [-0.3, -0.25) is 0 Å². The van der Waals surface area contributed by atoms with Crippen LogP contribution in [0.3, 0.4) is 0 Å². The second-order valence-corrected chi connectivity index (χ2v) is 10.3. The van der Waals surface area contributed by atoms with Crippen LogP contribution in [-0.4, -0.2) is 7.11 Å². The lowest BCUT2D eigenvalue weighted by Gasteiger charge is -2.38. The van der Waals surface area contributed by atoms with Crippen LogP contribution < -0.4 is 14.8 Å². The fourth-order valence-corrected chi connectivity index (χ4v) is 5.96. The van der Waals surface area contributed by atoms with Crippen molar-refractivity contribution in [2.75, 3.05) is 12.4 Å². The van der Waals surface area contributed by atoms with Crippen LogP contribution in [0.4, 0.5) is 5.69 Å². The Labute approximate surface area is 216 Å². The number of ether oxygens (including phenoxy) is 2. The molecule has 0 saturated heterocycles. The normalized spacial score (nSPS) is 20.7. The van der Waals surface area contributed by atoms with Gasteiger partial charge in [-0.2, -0.15) is 0 Å². The predicted octanol–water partition coefficient (Wildman–Crippen LogP) is 8.82. The first-order valence-electron chi connectivity index (χ1n) is 10.6. The molecule has 0 aromatic heterocycles. The Balaban J connectivity index is 1.47. The number of fused-ring (bicyclic) bond motifs is 3. The molecule has 33 heavy (non-hydrogen) atoms. The van der Waals surface area contributed by atoms with Crippen molar-refractivity contribution in [3.05, 3.63) is 96.9 Å². The van der Waals surface area contributed by atoms with Gasteiger partial charge in [0.2, 0.25) is 0 Å². The van der Waals surface area contributed by atoms with Crippen molar-refractivity contribution in [3.63, 3.8) is 0 Å². The molecular weight excluding hydrogens is 545 g/mol. The van der Waals surface area contributed by atoms with E-state index in [1.807, 2.05) is 42.5 Å². The highest BCUT2D eigenvalue weighted by atomic mass is 79.9. The molecular formula is C26H21BrCl3NO2. The van der Waals surface area contributed by atoms with Gasteiger partial charge in [0.1, 0.15) is 6.61 Å². The summed E-state index contributed by atoms with van der Waals surface area (Å²) in [4.78, 5) is 0. The fourth-order valence-electron chi connectivity index (χ4n) is 4.75. The lowest BCUT2D eigenvalue weighted by Crippen LogP contribution is -2.29. The number of halogens is 4. The zero-order chi connectivity index (χ0) is 23.1. The summed E-state index contributed by atoms with van der Waals surface area (Å²) in [6.45, 7) is 0.406. The molecule has 170 valence electrons. The summed E-state index contributed by atoms with van der Waals surface area (Å²) in [5.74, 6) is 1.86. The van der Waals surface area contributed by atoms with Gasteiger partial charge in [0.05, 0.1) is 28.3 Å². The molecule has 3 aromatic carbocycles. The zero-order valence-electron chi connectivity index (χ0n) is 17.7. The Morgan fingerprint density at radius 1 is 1.03 bits per heavy atom. The van der Waals surface area contributed by atoms with Crippen molar-refractivity contribution >= 4 is 56.4 Å². The predicted molar refractivity (Wildman–Crippen MR) is 139 cm³/mol. The van der Waals surface area contributed by atoms with Crippen molar-refractivity contribution < 1.29 is 9.47 Å². The number of hydrogen-bond donors (Lipinski definition) is 1. The maximum Gasteiger partial charge on any atom is 0.175 e. The third-order valence-corrected chi connectivity index (χ3v) is 7.81. The monoisotopic (exact) mass is 563 g/mol. The first-order valence-corrected chi connectivity index (χ1v) is 12.5. The molecule has 0 radical (unpaired) electrons. The lowest BCUT2D eigenvalue weighted by atomic mass is 9.77. The average Bonchev–Trinajstić information content (AvgIpc) is 3.30. The maximum atomic E-state index is 6.58. The van der Waals surface area contributed by atoms with E-state index < -0.39 is 0 Å². The van der Waals surface area contributed by atoms with Crippen LogP contribution >= 0.6 is 50.7 Å². The Hall–Kier alpha value is -1.85. The zero-order valence-corrected chi connectivity index (χ0v) is 21.6. The van der Waals surface area contributed by atoms with Crippen LogP contribution in [0.15, 0.2) is 65.2 Å².